The van der Waals surface area contributed by atoms with Gasteiger partial charge in [-0.3, -0.25) is 4.90 Å². The maximum atomic E-state index is 13.1. The first-order chi connectivity index (χ1) is 7.04. The lowest BCUT2D eigenvalue weighted by atomic mass is 10.1. The molecule has 3 heteroatoms. The molecule has 0 aliphatic carbocycles. The van der Waals surface area contributed by atoms with Gasteiger partial charge < -0.3 is 0 Å². The van der Waals surface area contributed by atoms with Gasteiger partial charge in [-0.2, -0.15) is 0 Å². The number of benzene rings is 1. The van der Waals surface area contributed by atoms with E-state index in [9.17, 15) is 4.39 Å². The molecule has 0 N–H and O–H groups in total. The van der Waals surface area contributed by atoms with Crippen LogP contribution in [0.15, 0.2) is 18.2 Å². The molecule has 0 saturated heterocycles. The van der Waals surface area contributed by atoms with E-state index >= 15 is 0 Å². The number of hydrogen-bond donors (Lipinski definition) is 0. The van der Waals surface area contributed by atoms with Gasteiger partial charge in [0, 0.05) is 17.9 Å². The molecule has 0 fully saturated rings. The minimum atomic E-state index is -0.157. The van der Waals surface area contributed by atoms with Gasteiger partial charge in [0.2, 0.25) is 0 Å². The molecule has 1 nitrogen and oxygen atoms in total. The third kappa shape index (κ3) is 3.58. The molecule has 0 heterocycles. The lowest BCUT2D eigenvalue weighted by Crippen LogP contribution is -2.29. The van der Waals surface area contributed by atoms with E-state index in [1.165, 1.54) is 6.07 Å². The quantitative estimate of drug-likeness (QED) is 0.761. The van der Waals surface area contributed by atoms with E-state index in [0.29, 0.717) is 6.04 Å². The second kappa shape index (κ2) is 5.61. The minimum Gasteiger partial charge on any atom is -0.299 e. The zero-order chi connectivity index (χ0) is 11.4. The Morgan fingerprint density at radius 1 is 1.47 bits per heavy atom. The highest BCUT2D eigenvalue weighted by Gasteiger charge is 2.09. The molecule has 15 heavy (non-hydrogen) atoms. The van der Waals surface area contributed by atoms with Crippen molar-refractivity contribution in [3.8, 4) is 0 Å². The molecule has 1 atom stereocenters. The average Bonchev–Trinajstić information content (AvgIpc) is 2.22. The van der Waals surface area contributed by atoms with Gasteiger partial charge in [-0.1, -0.05) is 22.0 Å². The Bertz CT molecular complexity index is 327. The summed E-state index contributed by atoms with van der Waals surface area (Å²) in [7, 11) is 2.05. The summed E-state index contributed by atoms with van der Waals surface area (Å²) in [5.74, 6) is -0.157. The lowest BCUT2D eigenvalue weighted by Gasteiger charge is -2.23. The largest absolute Gasteiger partial charge is 0.299 e. The summed E-state index contributed by atoms with van der Waals surface area (Å²) in [6.45, 7) is 4.95. The Hall–Kier alpha value is -0.410. The maximum absolute atomic E-state index is 13.1. The fourth-order valence-electron chi connectivity index (χ4n) is 1.35. The highest BCUT2D eigenvalue weighted by atomic mass is 79.9. The van der Waals surface area contributed by atoms with E-state index in [1.807, 2.05) is 13.0 Å². The van der Waals surface area contributed by atoms with Crippen LogP contribution >= 0.6 is 15.9 Å². The Balaban J connectivity index is 2.75. The molecule has 84 valence electrons. The number of hydrogen-bond acceptors (Lipinski definition) is 1. The summed E-state index contributed by atoms with van der Waals surface area (Å²) in [5.41, 5.74) is 2.20. The first-order valence-electron chi connectivity index (χ1n) is 5.06. The van der Waals surface area contributed by atoms with Gasteiger partial charge in [-0.15, -0.1) is 0 Å². The maximum Gasteiger partial charge on any atom is 0.123 e. The highest BCUT2D eigenvalue weighted by molar-refractivity contribution is 9.09. The minimum absolute atomic E-state index is 0.157. The molecule has 0 radical (unpaired) electrons. The number of rotatable bonds is 4. The van der Waals surface area contributed by atoms with Gasteiger partial charge in [0.25, 0.3) is 0 Å². The van der Waals surface area contributed by atoms with Crippen LogP contribution < -0.4 is 0 Å². The van der Waals surface area contributed by atoms with E-state index < -0.39 is 0 Å². The van der Waals surface area contributed by atoms with Crippen LogP contribution in [-0.4, -0.2) is 23.3 Å². The first kappa shape index (κ1) is 12.7. The highest BCUT2D eigenvalue weighted by Crippen LogP contribution is 2.14. The summed E-state index contributed by atoms with van der Waals surface area (Å²) in [6, 6.07) is 5.41. The Morgan fingerprint density at radius 3 is 2.73 bits per heavy atom. The first-order valence-corrected chi connectivity index (χ1v) is 6.18. The van der Waals surface area contributed by atoms with Crippen molar-refractivity contribution in [1.82, 2.24) is 4.90 Å². The Labute approximate surface area is 99.4 Å². The molecule has 1 aromatic rings. The Kier molecular flexibility index (Phi) is 4.74. The van der Waals surface area contributed by atoms with Crippen LogP contribution in [0.5, 0.6) is 0 Å². The molecule has 1 unspecified atom stereocenters. The molecular weight excluding hydrogens is 257 g/mol. The van der Waals surface area contributed by atoms with Crippen molar-refractivity contribution >= 4 is 15.9 Å². The zero-order valence-electron chi connectivity index (χ0n) is 9.43. The van der Waals surface area contributed by atoms with E-state index in [4.69, 9.17) is 0 Å². The molecule has 0 saturated carbocycles. The van der Waals surface area contributed by atoms with Gasteiger partial charge in [0.1, 0.15) is 5.82 Å². The van der Waals surface area contributed by atoms with E-state index in [0.717, 1.165) is 23.0 Å². The molecule has 0 amide bonds. The van der Waals surface area contributed by atoms with Crippen molar-refractivity contribution in [3.63, 3.8) is 0 Å². The van der Waals surface area contributed by atoms with Crippen LogP contribution in [0, 0.1) is 12.7 Å². The fraction of sp³-hybridized carbons (Fsp3) is 0.500. The average molecular weight is 274 g/mol. The molecule has 0 aromatic heterocycles. The van der Waals surface area contributed by atoms with Crippen LogP contribution in [0.3, 0.4) is 0 Å². The normalized spacial score (nSPS) is 13.2. The SMILES string of the molecule is Cc1ccc(F)cc1CN(C)C(C)CBr. The molecule has 1 aromatic carbocycles. The number of alkyl halides is 1. The van der Waals surface area contributed by atoms with Crippen molar-refractivity contribution in [2.45, 2.75) is 26.4 Å². The summed E-state index contributed by atoms with van der Waals surface area (Å²) in [6.07, 6.45) is 0. The van der Waals surface area contributed by atoms with Gasteiger partial charge >= 0.3 is 0 Å². The van der Waals surface area contributed by atoms with Crippen molar-refractivity contribution in [2.24, 2.45) is 0 Å². The smallest absolute Gasteiger partial charge is 0.123 e. The molecule has 1 rings (SSSR count). The van der Waals surface area contributed by atoms with Crippen molar-refractivity contribution in [3.05, 3.63) is 35.1 Å². The summed E-state index contributed by atoms with van der Waals surface area (Å²) in [5, 5.41) is 0.928. The van der Waals surface area contributed by atoms with E-state index in [2.05, 4.69) is 34.8 Å². The number of nitrogens with zero attached hydrogens (tertiary/aromatic N) is 1. The monoisotopic (exact) mass is 273 g/mol. The lowest BCUT2D eigenvalue weighted by molar-refractivity contribution is 0.270. The molecule has 0 aliphatic heterocycles. The number of aryl methyl sites for hydroxylation is 1. The fourth-order valence-corrected chi connectivity index (χ4v) is 1.85. The third-order valence-corrected chi connectivity index (χ3v) is 3.64. The van der Waals surface area contributed by atoms with E-state index in [1.54, 1.807) is 6.07 Å². The van der Waals surface area contributed by atoms with Crippen molar-refractivity contribution in [2.75, 3.05) is 12.4 Å². The van der Waals surface area contributed by atoms with Gasteiger partial charge in [-0.05, 0) is 44.2 Å². The predicted octanol–water partition coefficient (Wildman–Crippen LogP) is 3.35. The van der Waals surface area contributed by atoms with Crippen molar-refractivity contribution < 1.29 is 4.39 Å². The molecule has 0 bridgehead atoms. The van der Waals surface area contributed by atoms with E-state index in [-0.39, 0.29) is 5.82 Å². The summed E-state index contributed by atoms with van der Waals surface area (Å²) >= 11 is 3.45. The van der Waals surface area contributed by atoms with Crippen LogP contribution in [0.2, 0.25) is 0 Å². The van der Waals surface area contributed by atoms with Gasteiger partial charge in [0.15, 0.2) is 0 Å². The third-order valence-electron chi connectivity index (χ3n) is 2.71. The van der Waals surface area contributed by atoms with Crippen molar-refractivity contribution in [1.29, 1.82) is 0 Å². The zero-order valence-corrected chi connectivity index (χ0v) is 11.0. The molecule has 0 spiro atoms. The van der Waals surface area contributed by atoms with Crippen LogP contribution in [-0.2, 0) is 6.54 Å². The topological polar surface area (TPSA) is 3.24 Å². The standard InChI is InChI=1S/C12H17BrFN/c1-9-4-5-12(14)6-11(9)8-15(3)10(2)7-13/h4-6,10H,7-8H2,1-3H3. The molecule has 0 aliphatic rings. The van der Waals surface area contributed by atoms with Crippen LogP contribution in [0.4, 0.5) is 4.39 Å². The van der Waals surface area contributed by atoms with Crippen LogP contribution in [0.25, 0.3) is 0 Å². The Morgan fingerprint density at radius 2 is 2.13 bits per heavy atom. The summed E-state index contributed by atoms with van der Waals surface area (Å²) < 4.78 is 13.1. The van der Waals surface area contributed by atoms with Gasteiger partial charge in [-0.25, -0.2) is 4.39 Å². The second-order valence-corrected chi connectivity index (χ2v) is 4.64. The second-order valence-electron chi connectivity index (χ2n) is 3.99. The summed E-state index contributed by atoms with van der Waals surface area (Å²) in [4.78, 5) is 2.20. The molecular formula is C12H17BrFN. The van der Waals surface area contributed by atoms with Crippen LogP contribution in [0.1, 0.15) is 18.1 Å². The number of halogens is 2. The van der Waals surface area contributed by atoms with Gasteiger partial charge in [0.05, 0.1) is 0 Å². The predicted molar refractivity (Wildman–Crippen MR) is 65.9 cm³/mol.